The standard InChI is InChI=1S/C21H22N4O/c1-12-5-13(2)20-17(6-12)18(8-19(24-20)15-9-22-23-10-15)21(26)25-11-14-3-4-16(25)7-14/h5-6,8-10,14,16H,3-4,7,11H2,1-2H3,(H,22,23)/t14-,16-/m0/s1. The average molecular weight is 346 g/mol. The van der Waals surface area contributed by atoms with E-state index < -0.39 is 0 Å². The molecule has 1 aliphatic carbocycles. The molecule has 5 heteroatoms. The predicted molar refractivity (Wildman–Crippen MR) is 101 cm³/mol. The number of benzene rings is 1. The van der Waals surface area contributed by atoms with E-state index in [1.54, 1.807) is 6.20 Å². The van der Waals surface area contributed by atoms with Crippen molar-refractivity contribution in [2.75, 3.05) is 6.54 Å². The number of carbonyl (C=O) groups excluding carboxylic acids is 1. The van der Waals surface area contributed by atoms with Crippen LogP contribution in [0, 0.1) is 19.8 Å². The number of amides is 1. The molecule has 132 valence electrons. The van der Waals surface area contributed by atoms with Crippen molar-refractivity contribution in [3.8, 4) is 11.3 Å². The van der Waals surface area contributed by atoms with Crippen LogP contribution in [0.2, 0.25) is 0 Å². The third kappa shape index (κ3) is 2.34. The van der Waals surface area contributed by atoms with Crippen molar-refractivity contribution in [1.29, 1.82) is 0 Å². The van der Waals surface area contributed by atoms with Gasteiger partial charge in [-0.15, -0.1) is 0 Å². The summed E-state index contributed by atoms with van der Waals surface area (Å²) in [5.41, 5.74) is 5.63. The second kappa shape index (κ2) is 5.66. The SMILES string of the molecule is Cc1cc(C)c2nc(-c3cn[nH]c3)cc(C(=O)N3C[C@H]4CC[C@H]3C4)c2c1. The van der Waals surface area contributed by atoms with Gasteiger partial charge in [-0.2, -0.15) is 5.10 Å². The van der Waals surface area contributed by atoms with Crippen molar-refractivity contribution in [3.05, 3.63) is 47.3 Å². The van der Waals surface area contributed by atoms with Gasteiger partial charge in [0.15, 0.2) is 0 Å². The van der Waals surface area contributed by atoms with E-state index in [0.29, 0.717) is 12.0 Å². The lowest BCUT2D eigenvalue weighted by molar-refractivity contribution is 0.0705. The number of H-pyrrole nitrogens is 1. The molecule has 3 aromatic rings. The van der Waals surface area contributed by atoms with Crippen LogP contribution in [0.25, 0.3) is 22.2 Å². The molecule has 5 rings (SSSR count). The molecule has 1 saturated heterocycles. The highest BCUT2D eigenvalue weighted by atomic mass is 16.2. The van der Waals surface area contributed by atoms with E-state index in [1.807, 2.05) is 12.3 Å². The molecule has 0 radical (unpaired) electrons. The van der Waals surface area contributed by atoms with Gasteiger partial charge in [-0.3, -0.25) is 9.89 Å². The minimum Gasteiger partial charge on any atom is -0.335 e. The summed E-state index contributed by atoms with van der Waals surface area (Å²) in [6, 6.07) is 6.58. The molecule has 0 unspecified atom stereocenters. The number of hydrogen-bond acceptors (Lipinski definition) is 3. The van der Waals surface area contributed by atoms with Gasteiger partial charge in [0.2, 0.25) is 0 Å². The van der Waals surface area contributed by atoms with E-state index in [1.165, 1.54) is 12.8 Å². The van der Waals surface area contributed by atoms with Crippen LogP contribution < -0.4 is 0 Å². The van der Waals surface area contributed by atoms with Gasteiger partial charge in [-0.1, -0.05) is 11.6 Å². The first-order chi connectivity index (χ1) is 12.6. The van der Waals surface area contributed by atoms with Crippen LogP contribution in [0.4, 0.5) is 0 Å². The van der Waals surface area contributed by atoms with Gasteiger partial charge in [-0.05, 0) is 56.7 Å². The Hall–Kier alpha value is -2.69. The van der Waals surface area contributed by atoms with Gasteiger partial charge < -0.3 is 4.90 Å². The fraction of sp³-hybridized carbons (Fsp3) is 0.381. The first kappa shape index (κ1) is 15.6. The zero-order chi connectivity index (χ0) is 17.8. The molecule has 5 nitrogen and oxygen atoms in total. The Morgan fingerprint density at radius 3 is 2.81 bits per heavy atom. The van der Waals surface area contributed by atoms with Crippen molar-refractivity contribution >= 4 is 16.8 Å². The van der Waals surface area contributed by atoms with Crippen molar-refractivity contribution < 1.29 is 4.79 Å². The highest BCUT2D eigenvalue weighted by Gasteiger charge is 2.40. The molecule has 1 saturated carbocycles. The van der Waals surface area contributed by atoms with E-state index in [9.17, 15) is 4.79 Å². The fourth-order valence-corrected chi connectivity index (χ4v) is 4.72. The van der Waals surface area contributed by atoms with Gasteiger partial charge in [0.05, 0.1) is 23.0 Å². The van der Waals surface area contributed by atoms with Gasteiger partial charge >= 0.3 is 0 Å². The molecule has 2 fully saturated rings. The van der Waals surface area contributed by atoms with E-state index in [4.69, 9.17) is 4.98 Å². The molecule has 0 spiro atoms. The van der Waals surface area contributed by atoms with Crippen LogP contribution in [0.3, 0.4) is 0 Å². The molecular weight excluding hydrogens is 324 g/mol. The van der Waals surface area contributed by atoms with E-state index in [0.717, 1.165) is 51.8 Å². The summed E-state index contributed by atoms with van der Waals surface area (Å²) in [6.45, 7) is 5.04. The minimum absolute atomic E-state index is 0.152. The van der Waals surface area contributed by atoms with Crippen molar-refractivity contribution in [2.24, 2.45) is 5.92 Å². The third-order valence-electron chi connectivity index (χ3n) is 5.94. The Kier molecular flexibility index (Phi) is 3.39. The number of piperidine rings is 1. The lowest BCUT2D eigenvalue weighted by atomic mass is 9.99. The van der Waals surface area contributed by atoms with E-state index in [-0.39, 0.29) is 5.91 Å². The van der Waals surface area contributed by atoms with Crippen LogP contribution >= 0.6 is 0 Å². The Labute approximate surface area is 152 Å². The highest BCUT2D eigenvalue weighted by molar-refractivity contribution is 6.08. The van der Waals surface area contributed by atoms with Crippen molar-refractivity contribution in [2.45, 2.75) is 39.2 Å². The van der Waals surface area contributed by atoms with Crippen molar-refractivity contribution in [1.82, 2.24) is 20.1 Å². The summed E-state index contributed by atoms with van der Waals surface area (Å²) >= 11 is 0. The van der Waals surface area contributed by atoms with Gasteiger partial charge in [0, 0.05) is 29.7 Å². The number of aryl methyl sites for hydroxylation is 2. The molecular formula is C21H22N4O. The molecule has 3 heterocycles. The first-order valence-corrected chi connectivity index (χ1v) is 9.32. The number of pyridine rings is 1. The van der Waals surface area contributed by atoms with Crippen LogP contribution in [0.5, 0.6) is 0 Å². The molecule has 2 bridgehead atoms. The molecule has 1 aliphatic heterocycles. The largest absolute Gasteiger partial charge is 0.335 e. The zero-order valence-electron chi connectivity index (χ0n) is 15.1. The third-order valence-corrected chi connectivity index (χ3v) is 5.94. The lowest BCUT2D eigenvalue weighted by Gasteiger charge is -2.27. The van der Waals surface area contributed by atoms with E-state index >= 15 is 0 Å². The molecule has 26 heavy (non-hydrogen) atoms. The number of likely N-dealkylation sites (tertiary alicyclic amines) is 1. The molecule has 2 atom stereocenters. The van der Waals surface area contributed by atoms with Gasteiger partial charge in [0.25, 0.3) is 5.91 Å². The second-order valence-electron chi connectivity index (χ2n) is 7.81. The number of nitrogens with one attached hydrogen (secondary N) is 1. The van der Waals surface area contributed by atoms with Crippen LogP contribution in [0.1, 0.15) is 40.7 Å². The van der Waals surface area contributed by atoms with Crippen LogP contribution in [-0.2, 0) is 0 Å². The summed E-state index contributed by atoms with van der Waals surface area (Å²) in [4.78, 5) is 20.4. The van der Waals surface area contributed by atoms with E-state index in [2.05, 4.69) is 41.1 Å². The smallest absolute Gasteiger partial charge is 0.254 e. The maximum Gasteiger partial charge on any atom is 0.254 e. The Morgan fingerprint density at radius 2 is 2.12 bits per heavy atom. The summed E-state index contributed by atoms with van der Waals surface area (Å²) < 4.78 is 0. The monoisotopic (exact) mass is 346 g/mol. The summed E-state index contributed by atoms with van der Waals surface area (Å²) in [6.07, 6.45) is 7.16. The summed E-state index contributed by atoms with van der Waals surface area (Å²) in [5.74, 6) is 0.841. The topological polar surface area (TPSA) is 61.9 Å². The first-order valence-electron chi connectivity index (χ1n) is 9.32. The second-order valence-corrected chi connectivity index (χ2v) is 7.81. The molecule has 1 aromatic carbocycles. The van der Waals surface area contributed by atoms with Crippen molar-refractivity contribution in [3.63, 3.8) is 0 Å². The normalized spacial score (nSPS) is 21.7. The molecule has 1 N–H and O–H groups in total. The highest BCUT2D eigenvalue weighted by Crippen LogP contribution is 2.39. The Balaban J connectivity index is 1.70. The number of fused-ring (bicyclic) bond motifs is 3. The Morgan fingerprint density at radius 1 is 1.23 bits per heavy atom. The number of hydrogen-bond donors (Lipinski definition) is 1. The minimum atomic E-state index is 0.152. The zero-order valence-corrected chi connectivity index (χ0v) is 15.1. The number of carbonyl (C=O) groups is 1. The molecule has 1 amide bonds. The molecule has 2 aliphatic rings. The lowest BCUT2D eigenvalue weighted by Crippen LogP contribution is -2.37. The maximum atomic E-state index is 13.5. The summed E-state index contributed by atoms with van der Waals surface area (Å²) in [5, 5.41) is 7.84. The fourth-order valence-electron chi connectivity index (χ4n) is 4.72. The number of aromatic amines is 1. The maximum absolute atomic E-state index is 13.5. The quantitative estimate of drug-likeness (QED) is 0.766. The van der Waals surface area contributed by atoms with Gasteiger partial charge in [0.1, 0.15) is 0 Å². The summed E-state index contributed by atoms with van der Waals surface area (Å²) in [7, 11) is 0. The Bertz CT molecular complexity index is 1010. The predicted octanol–water partition coefficient (Wildman–Crippen LogP) is 3.87. The van der Waals surface area contributed by atoms with Crippen LogP contribution in [-0.4, -0.2) is 38.6 Å². The van der Waals surface area contributed by atoms with Gasteiger partial charge in [-0.25, -0.2) is 4.98 Å². The van der Waals surface area contributed by atoms with Crippen LogP contribution in [0.15, 0.2) is 30.6 Å². The average Bonchev–Trinajstić information content (AvgIpc) is 3.38. The molecule has 2 aromatic heterocycles. The number of nitrogens with zero attached hydrogens (tertiary/aromatic N) is 3. The number of rotatable bonds is 2. The number of aromatic nitrogens is 3.